The van der Waals surface area contributed by atoms with E-state index in [4.69, 9.17) is 9.47 Å². The van der Waals surface area contributed by atoms with E-state index in [0.717, 1.165) is 13.8 Å². The molecule has 0 spiro atoms. The summed E-state index contributed by atoms with van der Waals surface area (Å²) in [6.07, 6.45) is -11.2. The molecule has 0 radical (unpaired) electrons. The lowest BCUT2D eigenvalue weighted by molar-refractivity contribution is -0.299. The van der Waals surface area contributed by atoms with Crippen molar-refractivity contribution in [2.45, 2.75) is 68.8 Å². The Morgan fingerprint density at radius 3 is 2.10 bits per heavy atom. The van der Waals surface area contributed by atoms with Crippen molar-refractivity contribution in [2.75, 3.05) is 19.8 Å². The van der Waals surface area contributed by atoms with Gasteiger partial charge in [0.25, 0.3) is 0 Å². The predicted octanol–water partition coefficient (Wildman–Crippen LogP) is -5.47. The molecule has 0 saturated carbocycles. The molecule has 1 rings (SSSR count). The Bertz CT molecular complexity index is 537. The zero-order valence-electron chi connectivity index (χ0n) is 16.1. The molecule has 170 valence electrons. The Balaban J connectivity index is 3.14. The second-order valence-electron chi connectivity index (χ2n) is 6.76. The van der Waals surface area contributed by atoms with E-state index in [0.29, 0.717) is 0 Å². The maximum Gasteiger partial charge on any atom is 0.217 e. The van der Waals surface area contributed by atoms with Gasteiger partial charge in [0.15, 0.2) is 6.29 Å². The topological polar surface area (TPSA) is 218 Å². The first-order valence-electron chi connectivity index (χ1n) is 8.97. The monoisotopic (exact) mass is 426 g/mol. The third-order valence-corrected chi connectivity index (χ3v) is 4.44. The van der Waals surface area contributed by atoms with E-state index < -0.39 is 86.6 Å². The first-order chi connectivity index (χ1) is 13.6. The smallest absolute Gasteiger partial charge is 0.217 e. The van der Waals surface area contributed by atoms with Crippen LogP contribution in [-0.4, -0.2) is 122 Å². The quantitative estimate of drug-likeness (QED) is 0.160. The molecule has 1 fully saturated rings. The number of aliphatic hydroxyl groups excluding tert-OH is 7. The van der Waals surface area contributed by atoms with Crippen molar-refractivity contribution in [3.05, 3.63) is 0 Å². The van der Waals surface area contributed by atoms with Crippen LogP contribution in [-0.2, 0) is 19.1 Å². The fourth-order valence-corrected chi connectivity index (χ4v) is 2.97. The van der Waals surface area contributed by atoms with Crippen LogP contribution in [0.15, 0.2) is 0 Å². The highest BCUT2D eigenvalue weighted by atomic mass is 16.7. The van der Waals surface area contributed by atoms with E-state index in [-0.39, 0.29) is 0 Å². The molecule has 1 saturated heterocycles. The summed E-state index contributed by atoms with van der Waals surface area (Å²) in [5, 5.41) is 73.4. The number of amides is 2. The third-order valence-electron chi connectivity index (χ3n) is 4.44. The van der Waals surface area contributed by atoms with E-state index >= 15 is 0 Å². The van der Waals surface area contributed by atoms with E-state index in [2.05, 4.69) is 10.6 Å². The molecular formula is C16H30N2O11. The number of carbonyl (C=O) groups excluding carboxylic acids is 2. The number of rotatable bonds is 10. The van der Waals surface area contributed by atoms with E-state index in [1.807, 2.05) is 0 Å². The number of carbonyl (C=O) groups is 2. The molecule has 29 heavy (non-hydrogen) atoms. The molecule has 0 aromatic heterocycles. The van der Waals surface area contributed by atoms with Crippen LogP contribution in [0.3, 0.4) is 0 Å². The van der Waals surface area contributed by atoms with Crippen molar-refractivity contribution < 1.29 is 54.8 Å². The van der Waals surface area contributed by atoms with Gasteiger partial charge in [0, 0.05) is 13.8 Å². The van der Waals surface area contributed by atoms with Crippen molar-refractivity contribution in [1.29, 1.82) is 0 Å². The molecule has 0 bridgehead atoms. The minimum atomic E-state index is -1.75. The maximum atomic E-state index is 11.5. The lowest BCUT2D eigenvalue weighted by Gasteiger charge is -2.44. The highest BCUT2D eigenvalue weighted by Gasteiger charge is 2.48. The van der Waals surface area contributed by atoms with Crippen LogP contribution in [0.25, 0.3) is 0 Å². The summed E-state index contributed by atoms with van der Waals surface area (Å²) in [6, 6.07) is -2.65. The zero-order valence-corrected chi connectivity index (χ0v) is 16.1. The van der Waals surface area contributed by atoms with Crippen LogP contribution in [0.2, 0.25) is 0 Å². The van der Waals surface area contributed by atoms with Crippen LogP contribution in [0.1, 0.15) is 13.8 Å². The number of ether oxygens (including phenoxy) is 2. The predicted molar refractivity (Wildman–Crippen MR) is 94.0 cm³/mol. The van der Waals surface area contributed by atoms with Crippen LogP contribution in [0.5, 0.6) is 0 Å². The fourth-order valence-electron chi connectivity index (χ4n) is 2.97. The van der Waals surface area contributed by atoms with Crippen LogP contribution in [0.4, 0.5) is 0 Å². The summed E-state index contributed by atoms with van der Waals surface area (Å²) in [5.74, 6) is -1.21. The average Bonchev–Trinajstić information content (AvgIpc) is 2.67. The molecule has 13 nitrogen and oxygen atoms in total. The van der Waals surface area contributed by atoms with Gasteiger partial charge in [-0.3, -0.25) is 9.59 Å². The average molecular weight is 426 g/mol. The lowest BCUT2D eigenvalue weighted by Crippen LogP contribution is -2.66. The van der Waals surface area contributed by atoms with Gasteiger partial charge in [-0.15, -0.1) is 0 Å². The van der Waals surface area contributed by atoms with Gasteiger partial charge in [-0.05, 0) is 0 Å². The molecule has 1 heterocycles. The number of aliphatic hydroxyl groups is 7. The second-order valence-corrected chi connectivity index (χ2v) is 6.76. The standard InChI is InChI=1S/C16H30N2O11/c1-6(22)17-8(3-19)12(25)15(9(24)4-20)29-16-11(18-7(2)23)14(27)13(26)10(5-21)28-16/h8-16,19-21,24-27H,3-5H2,1-2H3,(H,17,22)(H,18,23)/t8-,9-,10-,11-,12+,13-,14-,15+,16+/m1/s1. The molecule has 1 aliphatic heterocycles. The SMILES string of the molecule is CC(=O)N[C@H]1[C@H](O[C@H]([C@@H](O)[C@@H](CO)NC(C)=O)[C@H](O)CO)O[C@H](CO)[C@@H](O)[C@@H]1O. The molecule has 0 aromatic carbocycles. The van der Waals surface area contributed by atoms with Gasteiger partial charge < -0.3 is 55.9 Å². The van der Waals surface area contributed by atoms with Crippen molar-refractivity contribution in [1.82, 2.24) is 10.6 Å². The molecule has 2 amide bonds. The summed E-state index contributed by atoms with van der Waals surface area (Å²) < 4.78 is 10.8. The van der Waals surface area contributed by atoms with Gasteiger partial charge in [-0.2, -0.15) is 0 Å². The Hall–Kier alpha value is -1.42. The minimum Gasteiger partial charge on any atom is -0.394 e. The zero-order chi connectivity index (χ0) is 22.3. The van der Waals surface area contributed by atoms with Crippen LogP contribution >= 0.6 is 0 Å². The van der Waals surface area contributed by atoms with Crippen molar-refractivity contribution >= 4 is 11.8 Å². The third kappa shape index (κ3) is 6.80. The maximum absolute atomic E-state index is 11.5. The first kappa shape index (κ1) is 25.6. The van der Waals surface area contributed by atoms with Crippen molar-refractivity contribution in [3.8, 4) is 0 Å². The summed E-state index contributed by atoms with van der Waals surface area (Å²) in [6.45, 7) is -0.0754. The van der Waals surface area contributed by atoms with Crippen molar-refractivity contribution in [2.24, 2.45) is 0 Å². The summed E-state index contributed by atoms with van der Waals surface area (Å²) >= 11 is 0. The second kappa shape index (κ2) is 11.7. The molecule has 0 aliphatic carbocycles. The summed E-state index contributed by atoms with van der Waals surface area (Å²) in [5.41, 5.74) is 0. The minimum absolute atomic E-state index is 0.593. The molecule has 0 aromatic rings. The van der Waals surface area contributed by atoms with Gasteiger partial charge in [0.2, 0.25) is 11.8 Å². The van der Waals surface area contributed by atoms with E-state index in [1.165, 1.54) is 0 Å². The number of hydrogen-bond donors (Lipinski definition) is 9. The largest absolute Gasteiger partial charge is 0.394 e. The Morgan fingerprint density at radius 2 is 1.66 bits per heavy atom. The molecule has 9 N–H and O–H groups in total. The lowest BCUT2D eigenvalue weighted by atomic mass is 9.96. The van der Waals surface area contributed by atoms with E-state index in [1.54, 1.807) is 0 Å². The van der Waals surface area contributed by atoms with Gasteiger partial charge in [-0.25, -0.2) is 0 Å². The van der Waals surface area contributed by atoms with Gasteiger partial charge in [0.05, 0.1) is 25.9 Å². The van der Waals surface area contributed by atoms with Crippen molar-refractivity contribution in [3.63, 3.8) is 0 Å². The number of hydrogen-bond acceptors (Lipinski definition) is 11. The van der Waals surface area contributed by atoms with Crippen LogP contribution in [0, 0.1) is 0 Å². The van der Waals surface area contributed by atoms with E-state index in [9.17, 15) is 45.3 Å². The molecule has 1 aliphatic rings. The number of nitrogens with one attached hydrogen (secondary N) is 2. The molecule has 9 atom stereocenters. The highest BCUT2D eigenvalue weighted by Crippen LogP contribution is 2.25. The van der Waals surface area contributed by atoms with Gasteiger partial charge in [-0.1, -0.05) is 0 Å². The summed E-state index contributed by atoms with van der Waals surface area (Å²) in [7, 11) is 0. The molecular weight excluding hydrogens is 396 g/mol. The summed E-state index contributed by atoms with van der Waals surface area (Å²) in [4.78, 5) is 22.7. The fraction of sp³-hybridized carbons (Fsp3) is 0.875. The van der Waals surface area contributed by atoms with Gasteiger partial charge in [0.1, 0.15) is 42.7 Å². The normalized spacial score (nSPS) is 31.4. The molecule has 13 heteroatoms. The Morgan fingerprint density at radius 1 is 1.03 bits per heavy atom. The van der Waals surface area contributed by atoms with Crippen LogP contribution < -0.4 is 10.6 Å². The Kier molecular flexibility index (Phi) is 10.3. The Labute approximate surface area is 166 Å². The molecule has 0 unspecified atom stereocenters. The first-order valence-corrected chi connectivity index (χ1v) is 8.97. The highest BCUT2D eigenvalue weighted by molar-refractivity contribution is 5.73. The van der Waals surface area contributed by atoms with Gasteiger partial charge >= 0.3 is 0 Å².